The van der Waals surface area contributed by atoms with Crippen molar-refractivity contribution < 1.29 is 4.79 Å². The minimum absolute atomic E-state index is 0.110. The van der Waals surface area contributed by atoms with Crippen LogP contribution in [0.15, 0.2) is 84.9 Å². The zero-order valence-electron chi connectivity index (χ0n) is 13.4. The van der Waals surface area contributed by atoms with E-state index in [1.165, 1.54) is 0 Å². The molecule has 0 unspecified atom stereocenters. The van der Waals surface area contributed by atoms with E-state index in [-0.39, 0.29) is 5.91 Å². The molecule has 120 valence electrons. The van der Waals surface area contributed by atoms with Crippen LogP contribution in [-0.4, -0.2) is 13.0 Å². The van der Waals surface area contributed by atoms with E-state index in [2.05, 4.69) is 5.32 Å². The first-order valence-electron chi connectivity index (χ1n) is 7.79. The normalized spacial score (nSPS) is 11.1. The summed E-state index contributed by atoms with van der Waals surface area (Å²) in [5.74, 6) is -0.110. The summed E-state index contributed by atoms with van der Waals surface area (Å²) in [6, 6.07) is 27.4. The maximum atomic E-state index is 11.8. The van der Waals surface area contributed by atoms with Crippen molar-refractivity contribution in [3.63, 3.8) is 0 Å². The number of hydrogen-bond donors (Lipinski definition) is 1. The van der Waals surface area contributed by atoms with Crippen molar-refractivity contribution in [1.82, 2.24) is 5.32 Å². The summed E-state index contributed by atoms with van der Waals surface area (Å²) in [5.41, 5.74) is 3.52. The zero-order valence-corrected chi connectivity index (χ0v) is 14.1. The van der Waals surface area contributed by atoms with Gasteiger partial charge in [0.15, 0.2) is 0 Å². The zero-order chi connectivity index (χ0) is 17.0. The van der Waals surface area contributed by atoms with Crippen molar-refractivity contribution in [1.29, 1.82) is 0 Å². The Labute approximate surface area is 147 Å². The van der Waals surface area contributed by atoms with Gasteiger partial charge in [0, 0.05) is 12.6 Å². The van der Waals surface area contributed by atoms with E-state index in [4.69, 9.17) is 11.6 Å². The van der Waals surface area contributed by atoms with Gasteiger partial charge in [0.2, 0.25) is 0 Å². The predicted molar refractivity (Wildman–Crippen MR) is 98.5 cm³/mol. The first-order valence-corrected chi connectivity index (χ1v) is 8.16. The van der Waals surface area contributed by atoms with Crippen LogP contribution in [0.2, 0.25) is 0 Å². The number of carbonyl (C=O) groups excluding carboxylic acids is 1. The van der Waals surface area contributed by atoms with Crippen LogP contribution >= 0.6 is 11.6 Å². The standard InChI is InChI=1S/C21H18ClNO/c1-23-20(24)16-12-14-19(15-13-16)21(22,17-8-4-2-5-9-17)18-10-6-3-7-11-18/h2-15H,1H3,(H,23,24). The lowest BCUT2D eigenvalue weighted by molar-refractivity contribution is 0.0963. The maximum absolute atomic E-state index is 11.8. The SMILES string of the molecule is CNC(=O)c1ccc(C(Cl)(c2ccccc2)c2ccccc2)cc1. The summed E-state index contributed by atoms with van der Waals surface area (Å²) < 4.78 is 0. The summed E-state index contributed by atoms with van der Waals surface area (Å²) in [5, 5.41) is 2.63. The number of carbonyl (C=O) groups is 1. The van der Waals surface area contributed by atoms with E-state index < -0.39 is 4.87 Å². The Bertz CT molecular complexity index is 774. The molecule has 3 heteroatoms. The molecule has 0 heterocycles. The van der Waals surface area contributed by atoms with Gasteiger partial charge < -0.3 is 5.32 Å². The molecule has 0 fully saturated rings. The number of rotatable bonds is 4. The molecular formula is C21H18ClNO. The minimum Gasteiger partial charge on any atom is -0.355 e. The van der Waals surface area contributed by atoms with Crippen LogP contribution in [-0.2, 0) is 4.87 Å². The lowest BCUT2D eigenvalue weighted by Gasteiger charge is -2.29. The van der Waals surface area contributed by atoms with Crippen LogP contribution in [0.25, 0.3) is 0 Å². The number of alkyl halides is 1. The van der Waals surface area contributed by atoms with Crippen LogP contribution in [0, 0.1) is 0 Å². The van der Waals surface area contributed by atoms with E-state index in [1.54, 1.807) is 19.2 Å². The van der Waals surface area contributed by atoms with Crippen LogP contribution in [0.4, 0.5) is 0 Å². The van der Waals surface area contributed by atoms with Crippen LogP contribution < -0.4 is 5.32 Å². The van der Waals surface area contributed by atoms with Gasteiger partial charge in [-0.1, -0.05) is 72.8 Å². The van der Waals surface area contributed by atoms with Crippen molar-refractivity contribution >= 4 is 17.5 Å². The van der Waals surface area contributed by atoms with E-state index in [9.17, 15) is 4.79 Å². The Morgan fingerprint density at radius 2 is 1.17 bits per heavy atom. The number of nitrogens with one attached hydrogen (secondary N) is 1. The molecule has 0 aliphatic rings. The van der Waals surface area contributed by atoms with Crippen LogP contribution in [0.1, 0.15) is 27.0 Å². The third-order valence-electron chi connectivity index (χ3n) is 4.12. The third-order valence-corrected chi connectivity index (χ3v) is 4.77. The Morgan fingerprint density at radius 3 is 1.58 bits per heavy atom. The molecule has 1 amide bonds. The topological polar surface area (TPSA) is 29.1 Å². The fraction of sp³-hybridized carbons (Fsp3) is 0.0952. The van der Waals surface area contributed by atoms with Crippen molar-refractivity contribution in [3.05, 3.63) is 107 Å². The number of hydrogen-bond acceptors (Lipinski definition) is 1. The molecule has 3 aromatic rings. The number of halogens is 1. The molecule has 0 aliphatic heterocycles. The second-order valence-corrected chi connectivity index (χ2v) is 6.11. The highest BCUT2D eigenvalue weighted by molar-refractivity contribution is 6.28. The molecular weight excluding hydrogens is 318 g/mol. The Morgan fingerprint density at radius 1 is 0.750 bits per heavy atom. The second kappa shape index (κ2) is 6.90. The molecule has 3 rings (SSSR count). The van der Waals surface area contributed by atoms with Crippen molar-refractivity contribution in [2.24, 2.45) is 0 Å². The first kappa shape index (κ1) is 16.3. The molecule has 2 nitrogen and oxygen atoms in total. The highest BCUT2D eigenvalue weighted by Gasteiger charge is 2.33. The Kier molecular flexibility index (Phi) is 4.68. The maximum Gasteiger partial charge on any atom is 0.251 e. The van der Waals surface area contributed by atoms with Gasteiger partial charge in [0.25, 0.3) is 5.91 Å². The van der Waals surface area contributed by atoms with Gasteiger partial charge >= 0.3 is 0 Å². The summed E-state index contributed by atoms with van der Waals surface area (Å²) in [7, 11) is 1.62. The minimum atomic E-state index is -0.802. The van der Waals surface area contributed by atoms with Crippen molar-refractivity contribution in [2.75, 3.05) is 7.05 Å². The largest absolute Gasteiger partial charge is 0.355 e. The molecule has 0 bridgehead atoms. The van der Waals surface area contributed by atoms with Gasteiger partial charge in [0.05, 0.1) is 0 Å². The van der Waals surface area contributed by atoms with Gasteiger partial charge in [-0.3, -0.25) is 4.79 Å². The highest BCUT2D eigenvalue weighted by atomic mass is 35.5. The van der Waals surface area contributed by atoms with Gasteiger partial charge in [-0.2, -0.15) is 0 Å². The monoisotopic (exact) mass is 335 g/mol. The summed E-state index contributed by atoms with van der Waals surface area (Å²) in [4.78, 5) is 11.0. The summed E-state index contributed by atoms with van der Waals surface area (Å²) in [6.45, 7) is 0. The fourth-order valence-electron chi connectivity index (χ4n) is 2.83. The molecule has 24 heavy (non-hydrogen) atoms. The van der Waals surface area contributed by atoms with Gasteiger partial charge in [-0.05, 0) is 28.8 Å². The molecule has 0 aromatic heterocycles. The lowest BCUT2D eigenvalue weighted by Crippen LogP contribution is -2.23. The van der Waals surface area contributed by atoms with Crippen molar-refractivity contribution in [2.45, 2.75) is 4.87 Å². The van der Waals surface area contributed by atoms with Crippen LogP contribution in [0.3, 0.4) is 0 Å². The average Bonchev–Trinajstić information content (AvgIpc) is 2.68. The number of benzene rings is 3. The molecule has 1 N–H and O–H groups in total. The van der Waals surface area contributed by atoms with Crippen LogP contribution in [0.5, 0.6) is 0 Å². The van der Waals surface area contributed by atoms with Crippen molar-refractivity contribution in [3.8, 4) is 0 Å². The van der Waals surface area contributed by atoms with E-state index in [0.29, 0.717) is 5.56 Å². The average molecular weight is 336 g/mol. The van der Waals surface area contributed by atoms with E-state index >= 15 is 0 Å². The van der Waals surface area contributed by atoms with Gasteiger partial charge in [0.1, 0.15) is 4.87 Å². The summed E-state index contributed by atoms with van der Waals surface area (Å²) >= 11 is 7.18. The highest BCUT2D eigenvalue weighted by Crippen LogP contribution is 2.42. The summed E-state index contributed by atoms with van der Waals surface area (Å²) in [6.07, 6.45) is 0. The number of amides is 1. The second-order valence-electron chi connectivity index (χ2n) is 5.55. The van der Waals surface area contributed by atoms with E-state index in [0.717, 1.165) is 16.7 Å². The molecule has 0 saturated carbocycles. The fourth-order valence-corrected chi connectivity index (χ4v) is 3.21. The third kappa shape index (κ3) is 2.93. The lowest BCUT2D eigenvalue weighted by atomic mass is 9.84. The molecule has 0 saturated heterocycles. The quantitative estimate of drug-likeness (QED) is 0.549. The van der Waals surface area contributed by atoms with Gasteiger partial charge in [-0.15, -0.1) is 11.6 Å². The van der Waals surface area contributed by atoms with E-state index in [1.807, 2.05) is 72.8 Å². The first-order chi connectivity index (χ1) is 11.7. The Balaban J connectivity index is 2.14. The van der Waals surface area contributed by atoms with Gasteiger partial charge in [-0.25, -0.2) is 0 Å². The smallest absolute Gasteiger partial charge is 0.251 e. The molecule has 0 aliphatic carbocycles. The molecule has 3 aromatic carbocycles. The molecule has 0 atom stereocenters. The Hall–Kier alpha value is -2.58. The predicted octanol–water partition coefficient (Wildman–Crippen LogP) is 4.58. The molecule has 0 radical (unpaired) electrons. The molecule has 0 spiro atoms.